The van der Waals surface area contributed by atoms with Crippen LogP contribution in [0.1, 0.15) is 18.1 Å². The fraction of sp³-hybridized carbons (Fsp3) is 0.120. The summed E-state index contributed by atoms with van der Waals surface area (Å²) in [7, 11) is 1.58. The minimum atomic E-state index is -0.174. The highest BCUT2D eigenvalue weighted by Crippen LogP contribution is 2.38. The number of methoxy groups -OCH3 is 1. The Morgan fingerprint density at radius 3 is 2.50 bits per heavy atom. The van der Waals surface area contributed by atoms with Crippen LogP contribution in [0.15, 0.2) is 81.9 Å². The number of carbonyl (C=O) groups excluding carboxylic acids is 1. The second kappa shape index (κ2) is 9.59. The number of hydrazone groups is 1. The molecule has 0 aromatic heterocycles. The van der Waals surface area contributed by atoms with Crippen LogP contribution in [0.4, 0.5) is 5.69 Å². The van der Waals surface area contributed by atoms with Gasteiger partial charge in [-0.15, -0.1) is 0 Å². The highest BCUT2D eigenvalue weighted by atomic mass is 79.9. The van der Waals surface area contributed by atoms with Crippen molar-refractivity contribution >= 4 is 50.9 Å². The minimum absolute atomic E-state index is 0.174. The van der Waals surface area contributed by atoms with Crippen molar-refractivity contribution in [3.63, 3.8) is 0 Å². The standard InChI is InChI=1S/C25H20BrClN2O3/c1-16-21(25(30)29(28-16)20-6-4-3-5-7-20)12-18-13-22(26)24(23(14-18)31-2)32-15-17-8-10-19(27)11-9-17/h3-14H,15H2,1-2H3/b21-12-. The first-order chi connectivity index (χ1) is 15.5. The number of amides is 1. The Hall–Kier alpha value is -3.09. The molecule has 0 unspecified atom stereocenters. The zero-order valence-electron chi connectivity index (χ0n) is 17.5. The molecule has 0 atom stereocenters. The van der Waals surface area contributed by atoms with Gasteiger partial charge < -0.3 is 9.47 Å². The highest BCUT2D eigenvalue weighted by molar-refractivity contribution is 9.10. The van der Waals surface area contributed by atoms with Crippen molar-refractivity contribution in [3.8, 4) is 11.5 Å². The molecule has 0 radical (unpaired) electrons. The maximum Gasteiger partial charge on any atom is 0.280 e. The van der Waals surface area contributed by atoms with E-state index in [1.165, 1.54) is 5.01 Å². The number of halogens is 2. The lowest BCUT2D eigenvalue weighted by molar-refractivity contribution is -0.114. The summed E-state index contributed by atoms with van der Waals surface area (Å²) in [5, 5.41) is 6.51. The van der Waals surface area contributed by atoms with Crippen LogP contribution in [0.3, 0.4) is 0 Å². The average molecular weight is 512 g/mol. The summed E-state index contributed by atoms with van der Waals surface area (Å²) in [5.74, 6) is 0.964. The fourth-order valence-corrected chi connectivity index (χ4v) is 3.99. The summed E-state index contributed by atoms with van der Waals surface area (Å²) in [6.45, 7) is 2.19. The molecule has 7 heteroatoms. The van der Waals surface area contributed by atoms with E-state index in [4.69, 9.17) is 21.1 Å². The predicted molar refractivity (Wildman–Crippen MR) is 131 cm³/mol. The number of rotatable bonds is 6. The van der Waals surface area contributed by atoms with Gasteiger partial charge in [-0.25, -0.2) is 0 Å². The van der Waals surface area contributed by atoms with E-state index in [1.807, 2.05) is 73.7 Å². The summed E-state index contributed by atoms with van der Waals surface area (Å²) >= 11 is 9.52. The maximum atomic E-state index is 13.0. The lowest BCUT2D eigenvalue weighted by atomic mass is 10.1. The van der Waals surface area contributed by atoms with E-state index in [-0.39, 0.29) is 5.91 Å². The molecule has 162 valence electrons. The Morgan fingerprint density at radius 1 is 1.09 bits per heavy atom. The van der Waals surface area contributed by atoms with Crippen LogP contribution in [0.2, 0.25) is 5.02 Å². The van der Waals surface area contributed by atoms with Crippen LogP contribution in [0, 0.1) is 0 Å². The van der Waals surface area contributed by atoms with Gasteiger partial charge in [-0.1, -0.05) is 41.9 Å². The molecule has 0 saturated carbocycles. The Balaban J connectivity index is 1.59. The third kappa shape index (κ3) is 4.71. The average Bonchev–Trinajstić information content (AvgIpc) is 3.08. The fourth-order valence-electron chi connectivity index (χ4n) is 3.29. The number of benzene rings is 3. The molecule has 0 N–H and O–H groups in total. The summed E-state index contributed by atoms with van der Waals surface area (Å²) in [5.41, 5.74) is 3.68. The van der Waals surface area contributed by atoms with Crippen molar-refractivity contribution in [2.75, 3.05) is 12.1 Å². The van der Waals surface area contributed by atoms with Crippen LogP contribution in [-0.2, 0) is 11.4 Å². The lowest BCUT2D eigenvalue weighted by Crippen LogP contribution is -2.21. The maximum absolute atomic E-state index is 13.0. The van der Waals surface area contributed by atoms with E-state index in [1.54, 1.807) is 13.2 Å². The van der Waals surface area contributed by atoms with Gasteiger partial charge in [0.25, 0.3) is 5.91 Å². The number of carbonyl (C=O) groups is 1. The summed E-state index contributed by atoms with van der Waals surface area (Å²) in [4.78, 5) is 13.0. The van der Waals surface area contributed by atoms with Crippen molar-refractivity contribution in [1.82, 2.24) is 0 Å². The van der Waals surface area contributed by atoms with Gasteiger partial charge in [-0.3, -0.25) is 4.79 Å². The second-order valence-corrected chi connectivity index (χ2v) is 8.44. The van der Waals surface area contributed by atoms with Crippen molar-refractivity contribution in [1.29, 1.82) is 0 Å². The minimum Gasteiger partial charge on any atom is -0.493 e. The number of para-hydroxylation sites is 1. The SMILES string of the molecule is COc1cc(/C=C2\C(=O)N(c3ccccc3)N=C2C)cc(Br)c1OCc1ccc(Cl)cc1. The largest absolute Gasteiger partial charge is 0.493 e. The first-order valence-corrected chi connectivity index (χ1v) is 11.0. The van der Waals surface area contributed by atoms with E-state index < -0.39 is 0 Å². The molecule has 1 aliphatic heterocycles. The van der Waals surface area contributed by atoms with Gasteiger partial charge in [0, 0.05) is 5.02 Å². The van der Waals surface area contributed by atoms with E-state index in [0.29, 0.717) is 34.4 Å². The monoisotopic (exact) mass is 510 g/mol. The zero-order valence-corrected chi connectivity index (χ0v) is 19.9. The molecule has 4 rings (SSSR count). The topological polar surface area (TPSA) is 51.1 Å². The van der Waals surface area contributed by atoms with Crippen LogP contribution < -0.4 is 14.5 Å². The molecule has 0 aliphatic carbocycles. The number of hydrogen-bond acceptors (Lipinski definition) is 4. The Bertz CT molecular complexity index is 1210. The number of ether oxygens (including phenoxy) is 2. The van der Waals surface area contributed by atoms with Gasteiger partial charge in [0.05, 0.1) is 28.6 Å². The Morgan fingerprint density at radius 2 is 1.81 bits per heavy atom. The first kappa shape index (κ1) is 22.1. The number of hydrogen-bond donors (Lipinski definition) is 0. The molecule has 3 aromatic carbocycles. The molecule has 1 amide bonds. The molecule has 1 aliphatic rings. The zero-order chi connectivity index (χ0) is 22.7. The van der Waals surface area contributed by atoms with Crippen molar-refractivity contribution < 1.29 is 14.3 Å². The van der Waals surface area contributed by atoms with E-state index >= 15 is 0 Å². The number of nitrogens with zero attached hydrogens (tertiary/aromatic N) is 2. The molecule has 32 heavy (non-hydrogen) atoms. The van der Waals surface area contributed by atoms with E-state index in [0.717, 1.165) is 21.3 Å². The Kier molecular flexibility index (Phi) is 6.63. The van der Waals surface area contributed by atoms with Gasteiger partial charge in [-0.2, -0.15) is 10.1 Å². The summed E-state index contributed by atoms with van der Waals surface area (Å²) < 4.78 is 12.3. The summed E-state index contributed by atoms with van der Waals surface area (Å²) in [6, 6.07) is 20.5. The molecular weight excluding hydrogens is 492 g/mol. The lowest BCUT2D eigenvalue weighted by Gasteiger charge is -2.14. The quantitative estimate of drug-likeness (QED) is 0.355. The van der Waals surface area contributed by atoms with Gasteiger partial charge in [0.2, 0.25) is 0 Å². The highest BCUT2D eigenvalue weighted by Gasteiger charge is 2.28. The van der Waals surface area contributed by atoms with Gasteiger partial charge in [0.15, 0.2) is 11.5 Å². The molecular formula is C25H20BrClN2O3. The molecule has 5 nitrogen and oxygen atoms in total. The molecule has 0 spiro atoms. The smallest absolute Gasteiger partial charge is 0.280 e. The third-order valence-corrected chi connectivity index (χ3v) is 5.76. The van der Waals surface area contributed by atoms with Crippen molar-refractivity contribution in [2.45, 2.75) is 13.5 Å². The van der Waals surface area contributed by atoms with Crippen molar-refractivity contribution in [3.05, 3.63) is 92.9 Å². The van der Waals surface area contributed by atoms with Gasteiger partial charge >= 0.3 is 0 Å². The first-order valence-electron chi connectivity index (χ1n) is 9.88. The summed E-state index contributed by atoms with van der Waals surface area (Å²) in [6.07, 6.45) is 1.81. The molecule has 0 fully saturated rings. The predicted octanol–water partition coefficient (Wildman–Crippen LogP) is 6.50. The Labute approximate surface area is 200 Å². The van der Waals surface area contributed by atoms with Crippen molar-refractivity contribution in [2.24, 2.45) is 5.10 Å². The van der Waals surface area contributed by atoms with Crippen LogP contribution >= 0.6 is 27.5 Å². The van der Waals surface area contributed by atoms with Crippen LogP contribution in [-0.4, -0.2) is 18.7 Å². The van der Waals surface area contributed by atoms with Crippen LogP contribution in [0.25, 0.3) is 6.08 Å². The van der Waals surface area contributed by atoms with E-state index in [2.05, 4.69) is 21.0 Å². The van der Waals surface area contributed by atoms with Gasteiger partial charge in [-0.05, 0) is 76.5 Å². The normalized spacial score (nSPS) is 14.6. The van der Waals surface area contributed by atoms with E-state index in [9.17, 15) is 4.79 Å². The molecule has 0 saturated heterocycles. The molecule has 1 heterocycles. The second-order valence-electron chi connectivity index (χ2n) is 7.15. The molecule has 0 bridgehead atoms. The third-order valence-electron chi connectivity index (χ3n) is 4.92. The molecule has 3 aromatic rings. The number of anilines is 1. The van der Waals surface area contributed by atoms with Gasteiger partial charge in [0.1, 0.15) is 6.61 Å². The van der Waals surface area contributed by atoms with Crippen LogP contribution in [0.5, 0.6) is 11.5 Å².